The zero-order chi connectivity index (χ0) is 20.6. The molecule has 0 spiro atoms. The maximum absolute atomic E-state index is 13.3. The number of rotatable bonds is 4. The van der Waals surface area contributed by atoms with Crippen molar-refractivity contribution in [2.45, 2.75) is 13.5 Å². The average molecular weight is 489 g/mol. The van der Waals surface area contributed by atoms with E-state index < -0.39 is 15.8 Å². The predicted octanol–water partition coefficient (Wildman–Crippen LogP) is 5.31. The summed E-state index contributed by atoms with van der Waals surface area (Å²) in [5.41, 5.74) is 3.07. The highest BCUT2D eigenvalue weighted by Crippen LogP contribution is 2.39. The van der Waals surface area contributed by atoms with Crippen LogP contribution in [-0.4, -0.2) is 14.2 Å². The van der Waals surface area contributed by atoms with Crippen molar-refractivity contribution in [3.63, 3.8) is 0 Å². The Labute approximate surface area is 181 Å². The van der Waals surface area contributed by atoms with E-state index in [1.54, 1.807) is 23.6 Å². The largest absolute Gasteiger partial charge is 0.360 e. The number of benzene rings is 2. The molecule has 4 rings (SSSR count). The van der Waals surface area contributed by atoms with Crippen molar-refractivity contribution in [1.82, 2.24) is 0 Å². The van der Waals surface area contributed by atoms with Gasteiger partial charge in [-0.1, -0.05) is 45.8 Å². The Morgan fingerprint density at radius 2 is 1.76 bits per heavy atom. The van der Waals surface area contributed by atoms with Crippen LogP contribution in [0, 0.1) is 6.92 Å². The summed E-state index contributed by atoms with van der Waals surface area (Å²) in [4.78, 5) is 13.1. The fourth-order valence-electron chi connectivity index (χ4n) is 3.01. The number of Topliss-reactive ketones (excluding diaryl/α,β-unsaturated/α-hetero) is 1. The van der Waals surface area contributed by atoms with Gasteiger partial charge in [0, 0.05) is 16.4 Å². The topological polar surface area (TPSA) is 66.5 Å². The highest BCUT2D eigenvalue weighted by Gasteiger charge is 2.41. The molecule has 1 aromatic heterocycles. The summed E-state index contributed by atoms with van der Waals surface area (Å²) < 4.78 is 28.9. The quantitative estimate of drug-likeness (QED) is 0.505. The van der Waals surface area contributed by atoms with Crippen molar-refractivity contribution < 1.29 is 13.2 Å². The molecule has 0 bridgehead atoms. The number of thiophene rings is 1. The fourth-order valence-corrected chi connectivity index (χ4v) is 5.76. The highest BCUT2D eigenvalue weighted by atomic mass is 79.9. The first kappa shape index (κ1) is 19.9. The summed E-state index contributed by atoms with van der Waals surface area (Å²) in [6.07, 6.45) is 1.28. The number of nitrogens with one attached hydrogen (secondary N) is 1. The Kier molecular flexibility index (Phi) is 5.33. The molecule has 1 aliphatic rings. The summed E-state index contributed by atoms with van der Waals surface area (Å²) in [7, 11) is -4.00. The highest BCUT2D eigenvalue weighted by molar-refractivity contribution is 9.10. The molecule has 0 amide bonds. The van der Waals surface area contributed by atoms with Gasteiger partial charge in [0.15, 0.2) is 4.91 Å². The summed E-state index contributed by atoms with van der Waals surface area (Å²) >= 11 is 4.61. The number of sulfonamides is 1. The van der Waals surface area contributed by atoms with E-state index in [-0.39, 0.29) is 11.4 Å². The Hall–Kier alpha value is -2.42. The van der Waals surface area contributed by atoms with Gasteiger partial charge in [-0.15, -0.1) is 11.3 Å². The summed E-state index contributed by atoms with van der Waals surface area (Å²) in [5.74, 6) is -0.486. The third kappa shape index (κ3) is 3.88. The molecule has 29 heavy (non-hydrogen) atoms. The minimum atomic E-state index is -4.00. The van der Waals surface area contributed by atoms with Crippen LogP contribution >= 0.6 is 27.3 Å². The van der Waals surface area contributed by atoms with E-state index in [1.165, 1.54) is 21.8 Å². The van der Waals surface area contributed by atoms with Gasteiger partial charge in [0.05, 0.1) is 12.2 Å². The molecule has 5 nitrogen and oxygen atoms in total. The zero-order valence-electron chi connectivity index (χ0n) is 15.4. The number of anilines is 2. The molecule has 0 aliphatic carbocycles. The van der Waals surface area contributed by atoms with Crippen molar-refractivity contribution in [2.75, 3.05) is 9.62 Å². The molecule has 3 aromatic rings. The molecule has 0 saturated heterocycles. The number of carbonyl (C=O) groups excluding carboxylic acids is 1. The van der Waals surface area contributed by atoms with E-state index in [9.17, 15) is 13.2 Å². The Morgan fingerprint density at radius 3 is 2.45 bits per heavy atom. The van der Waals surface area contributed by atoms with Crippen LogP contribution in [0.5, 0.6) is 0 Å². The lowest BCUT2D eigenvalue weighted by Crippen LogP contribution is -2.38. The molecule has 148 valence electrons. The van der Waals surface area contributed by atoms with Crippen molar-refractivity contribution in [2.24, 2.45) is 0 Å². The van der Waals surface area contributed by atoms with Gasteiger partial charge in [0.1, 0.15) is 4.88 Å². The van der Waals surface area contributed by atoms with E-state index in [2.05, 4.69) is 21.2 Å². The molecule has 1 aliphatic heterocycles. The first-order chi connectivity index (χ1) is 13.9. The van der Waals surface area contributed by atoms with Crippen LogP contribution in [0.3, 0.4) is 0 Å². The van der Waals surface area contributed by atoms with Gasteiger partial charge < -0.3 is 5.32 Å². The maximum atomic E-state index is 13.3. The van der Waals surface area contributed by atoms with Gasteiger partial charge >= 0.3 is 0 Å². The first-order valence-corrected chi connectivity index (χ1v) is 11.9. The number of halogens is 1. The molecule has 0 radical (unpaired) electrons. The van der Waals surface area contributed by atoms with Crippen molar-refractivity contribution in [1.29, 1.82) is 0 Å². The van der Waals surface area contributed by atoms with E-state index in [4.69, 9.17) is 0 Å². The molecule has 0 fully saturated rings. The van der Waals surface area contributed by atoms with Crippen LogP contribution in [0.25, 0.3) is 0 Å². The lowest BCUT2D eigenvalue weighted by atomic mass is 10.1. The number of nitrogens with zero attached hydrogens (tertiary/aromatic N) is 1. The third-order valence-corrected chi connectivity index (χ3v) is 7.77. The van der Waals surface area contributed by atoms with E-state index in [0.717, 1.165) is 15.6 Å². The van der Waals surface area contributed by atoms with Crippen LogP contribution in [-0.2, 0) is 16.6 Å². The fraction of sp³-hybridized carbons (Fsp3) is 0.0952. The molecule has 8 heteroatoms. The lowest BCUT2D eigenvalue weighted by molar-refractivity contribution is 0.104. The van der Waals surface area contributed by atoms with Crippen LogP contribution < -0.4 is 9.62 Å². The molecule has 0 atom stereocenters. The lowest BCUT2D eigenvalue weighted by Gasteiger charge is -2.29. The van der Waals surface area contributed by atoms with Gasteiger partial charge in [-0.3, -0.25) is 9.10 Å². The van der Waals surface area contributed by atoms with Gasteiger partial charge in [-0.05, 0) is 48.2 Å². The molecule has 0 saturated carbocycles. The smallest absolute Gasteiger partial charge is 0.270 e. The Morgan fingerprint density at radius 1 is 1.07 bits per heavy atom. The minimum absolute atomic E-state index is 0.162. The number of allylic oxidation sites excluding steroid dienone is 1. The third-order valence-electron chi connectivity index (χ3n) is 4.57. The summed E-state index contributed by atoms with van der Waals surface area (Å²) in [6, 6.07) is 16.6. The number of fused-ring (bicyclic) bond motifs is 1. The van der Waals surface area contributed by atoms with E-state index in [0.29, 0.717) is 16.3 Å². The molecule has 2 aromatic carbocycles. The Balaban J connectivity index is 1.73. The number of ketones is 1. The maximum Gasteiger partial charge on any atom is 0.270 e. The molecular formula is C21H17BrN2O3S2. The second kappa shape index (κ2) is 7.78. The predicted molar refractivity (Wildman–Crippen MR) is 121 cm³/mol. The number of hydrogen-bond donors (Lipinski definition) is 1. The molecular weight excluding hydrogens is 472 g/mol. The van der Waals surface area contributed by atoms with Crippen LogP contribution in [0.15, 0.2) is 75.6 Å². The van der Waals surface area contributed by atoms with Crippen molar-refractivity contribution in [3.8, 4) is 0 Å². The zero-order valence-corrected chi connectivity index (χ0v) is 18.6. The van der Waals surface area contributed by atoms with E-state index >= 15 is 0 Å². The Bertz CT molecular complexity index is 1200. The second-order valence-corrected chi connectivity index (χ2v) is 10.3. The van der Waals surface area contributed by atoms with Crippen molar-refractivity contribution in [3.05, 3.63) is 91.6 Å². The molecule has 1 N–H and O–H groups in total. The summed E-state index contributed by atoms with van der Waals surface area (Å²) in [6.45, 7) is 2.14. The second-order valence-electron chi connectivity index (χ2n) is 6.62. The van der Waals surface area contributed by atoms with Crippen LogP contribution in [0.4, 0.5) is 11.4 Å². The monoisotopic (exact) mass is 488 g/mol. The van der Waals surface area contributed by atoms with Crippen LogP contribution in [0.1, 0.15) is 20.8 Å². The van der Waals surface area contributed by atoms with Crippen LogP contribution in [0.2, 0.25) is 0 Å². The average Bonchev–Trinajstić information content (AvgIpc) is 3.17. The van der Waals surface area contributed by atoms with Gasteiger partial charge in [0.25, 0.3) is 10.0 Å². The molecule has 2 heterocycles. The van der Waals surface area contributed by atoms with Crippen molar-refractivity contribution >= 4 is 54.4 Å². The van der Waals surface area contributed by atoms with Gasteiger partial charge in [-0.2, -0.15) is 0 Å². The summed E-state index contributed by atoms with van der Waals surface area (Å²) in [5, 5.41) is 4.68. The molecule has 0 unspecified atom stereocenters. The first-order valence-electron chi connectivity index (χ1n) is 8.79. The standard InChI is InChI=1S/C21H17BrN2O3S2/c1-14-2-4-15(5-3-14)13-24-18-10-11-28-21(18)20(25)19(29(24,26)27)12-23-17-8-6-16(22)7-9-17/h2-12,23H,13H2,1H3/b19-12-. The number of hydrogen-bond acceptors (Lipinski definition) is 5. The SMILES string of the molecule is Cc1ccc(CN2c3ccsc3C(=O)/C(=C/Nc3ccc(Br)cc3)S2(=O)=O)cc1. The van der Waals surface area contributed by atoms with E-state index in [1.807, 2.05) is 43.3 Å². The number of aryl methyl sites for hydroxylation is 1. The van der Waals surface area contributed by atoms with Gasteiger partial charge in [-0.25, -0.2) is 8.42 Å². The minimum Gasteiger partial charge on any atom is -0.360 e. The number of carbonyl (C=O) groups is 1. The normalized spacial score (nSPS) is 16.7. The van der Waals surface area contributed by atoms with Gasteiger partial charge in [0.2, 0.25) is 5.78 Å².